The number of methoxy groups -OCH3 is 1. The summed E-state index contributed by atoms with van der Waals surface area (Å²) in [5.74, 6) is 0.336. The molecular weight excluding hydrogens is 254 g/mol. The number of benzene rings is 2. The number of carbonyl (C=O) groups excluding carboxylic acids is 2. The molecule has 0 aliphatic heterocycles. The van der Waals surface area contributed by atoms with Gasteiger partial charge in [0.1, 0.15) is 5.75 Å². The third-order valence-corrected chi connectivity index (χ3v) is 2.91. The van der Waals surface area contributed by atoms with Crippen molar-refractivity contribution in [3.05, 3.63) is 59.7 Å². The molecule has 2 aromatic carbocycles. The van der Waals surface area contributed by atoms with Gasteiger partial charge in [-0.25, -0.2) is 0 Å². The van der Waals surface area contributed by atoms with Gasteiger partial charge < -0.3 is 10.1 Å². The summed E-state index contributed by atoms with van der Waals surface area (Å²) in [5.41, 5.74) is 1.51. The van der Waals surface area contributed by atoms with Gasteiger partial charge in [0.25, 0.3) is 5.91 Å². The zero-order chi connectivity index (χ0) is 14.5. The van der Waals surface area contributed by atoms with Gasteiger partial charge in [0.15, 0.2) is 5.78 Å². The van der Waals surface area contributed by atoms with Gasteiger partial charge in [0.05, 0.1) is 12.8 Å². The predicted molar refractivity (Wildman–Crippen MR) is 77.4 cm³/mol. The highest BCUT2D eigenvalue weighted by Crippen LogP contribution is 2.18. The van der Waals surface area contributed by atoms with E-state index in [-0.39, 0.29) is 11.7 Å². The maximum atomic E-state index is 12.1. The van der Waals surface area contributed by atoms with Crippen LogP contribution in [0.25, 0.3) is 0 Å². The predicted octanol–water partition coefficient (Wildman–Crippen LogP) is 3.15. The molecule has 4 nitrogen and oxygen atoms in total. The lowest BCUT2D eigenvalue weighted by atomic mass is 10.1. The van der Waals surface area contributed by atoms with E-state index in [1.165, 1.54) is 6.92 Å². The van der Waals surface area contributed by atoms with E-state index in [0.29, 0.717) is 22.6 Å². The minimum atomic E-state index is -0.263. The molecule has 0 bridgehead atoms. The molecule has 1 N–H and O–H groups in total. The molecule has 0 saturated heterocycles. The molecule has 4 heteroatoms. The maximum absolute atomic E-state index is 12.1. The average molecular weight is 269 g/mol. The number of amides is 1. The van der Waals surface area contributed by atoms with Crippen molar-refractivity contribution in [3.63, 3.8) is 0 Å². The van der Waals surface area contributed by atoms with Gasteiger partial charge in [-0.3, -0.25) is 9.59 Å². The summed E-state index contributed by atoms with van der Waals surface area (Å²) >= 11 is 0. The molecule has 1 amide bonds. The van der Waals surface area contributed by atoms with Gasteiger partial charge >= 0.3 is 0 Å². The molecule has 0 fully saturated rings. The van der Waals surface area contributed by atoms with Crippen molar-refractivity contribution in [2.24, 2.45) is 0 Å². The van der Waals surface area contributed by atoms with Crippen molar-refractivity contribution in [2.75, 3.05) is 12.4 Å². The number of carbonyl (C=O) groups is 2. The first-order valence-corrected chi connectivity index (χ1v) is 6.17. The molecule has 0 radical (unpaired) electrons. The molecule has 0 aromatic heterocycles. The summed E-state index contributed by atoms with van der Waals surface area (Å²) in [6.45, 7) is 1.47. The van der Waals surface area contributed by atoms with Crippen molar-refractivity contribution in [3.8, 4) is 5.75 Å². The number of nitrogens with one attached hydrogen (secondary N) is 1. The van der Waals surface area contributed by atoms with Crippen molar-refractivity contribution in [1.29, 1.82) is 0 Å². The average Bonchev–Trinajstić information content (AvgIpc) is 2.47. The minimum Gasteiger partial charge on any atom is -0.497 e. The Hall–Kier alpha value is -2.62. The molecule has 0 aliphatic rings. The number of anilines is 1. The number of Topliss-reactive ketones (excluding diaryl/α,β-unsaturated/α-hetero) is 1. The van der Waals surface area contributed by atoms with Crippen LogP contribution in [-0.2, 0) is 0 Å². The standard InChI is InChI=1S/C16H15NO3/c1-11(18)14-5-3-4-6-15(14)17-16(19)12-7-9-13(20-2)10-8-12/h3-10H,1-2H3,(H,17,19). The highest BCUT2D eigenvalue weighted by molar-refractivity contribution is 6.08. The van der Waals surface area contributed by atoms with Gasteiger partial charge in [0.2, 0.25) is 0 Å². The Morgan fingerprint density at radius 3 is 2.25 bits per heavy atom. The molecule has 20 heavy (non-hydrogen) atoms. The second-order valence-corrected chi connectivity index (χ2v) is 4.28. The fraction of sp³-hybridized carbons (Fsp3) is 0.125. The summed E-state index contributed by atoms with van der Waals surface area (Å²) in [6.07, 6.45) is 0. The summed E-state index contributed by atoms with van der Waals surface area (Å²) in [7, 11) is 1.57. The molecule has 2 aromatic rings. The third kappa shape index (κ3) is 3.03. The monoisotopic (exact) mass is 269 g/mol. The van der Waals surface area contributed by atoms with Crippen molar-refractivity contribution >= 4 is 17.4 Å². The van der Waals surface area contributed by atoms with Gasteiger partial charge in [0, 0.05) is 11.1 Å². The second kappa shape index (κ2) is 6.02. The lowest BCUT2D eigenvalue weighted by Crippen LogP contribution is -2.14. The van der Waals surface area contributed by atoms with Crippen LogP contribution in [0.5, 0.6) is 5.75 Å². The Kier molecular flexibility index (Phi) is 4.15. The number of ether oxygens (including phenoxy) is 1. The Labute approximate surface area is 117 Å². The van der Waals surface area contributed by atoms with E-state index in [2.05, 4.69) is 5.32 Å². The highest BCUT2D eigenvalue weighted by atomic mass is 16.5. The maximum Gasteiger partial charge on any atom is 0.255 e. The highest BCUT2D eigenvalue weighted by Gasteiger charge is 2.11. The number of hydrogen-bond donors (Lipinski definition) is 1. The number of ketones is 1. The van der Waals surface area contributed by atoms with Crippen molar-refractivity contribution < 1.29 is 14.3 Å². The fourth-order valence-electron chi connectivity index (χ4n) is 1.84. The Morgan fingerprint density at radius 1 is 1.00 bits per heavy atom. The lowest BCUT2D eigenvalue weighted by molar-refractivity contribution is 0.101. The molecule has 0 unspecified atom stereocenters. The van der Waals surface area contributed by atoms with E-state index in [4.69, 9.17) is 4.74 Å². The first-order valence-electron chi connectivity index (χ1n) is 6.17. The van der Waals surface area contributed by atoms with Crippen LogP contribution in [0.4, 0.5) is 5.69 Å². The zero-order valence-electron chi connectivity index (χ0n) is 11.3. The van der Waals surface area contributed by atoms with E-state index >= 15 is 0 Å². The molecule has 0 aliphatic carbocycles. The molecule has 0 heterocycles. The van der Waals surface area contributed by atoms with E-state index < -0.39 is 0 Å². The summed E-state index contributed by atoms with van der Waals surface area (Å²) < 4.78 is 5.04. The van der Waals surface area contributed by atoms with Crippen LogP contribution in [0.15, 0.2) is 48.5 Å². The molecule has 0 spiro atoms. The largest absolute Gasteiger partial charge is 0.497 e. The first kappa shape index (κ1) is 13.8. The molecule has 2 rings (SSSR count). The lowest BCUT2D eigenvalue weighted by Gasteiger charge is -2.09. The van der Waals surface area contributed by atoms with Crippen molar-refractivity contribution in [1.82, 2.24) is 0 Å². The molecular formula is C16H15NO3. The quantitative estimate of drug-likeness (QED) is 0.867. The molecule has 0 atom stereocenters. The number of rotatable bonds is 4. The zero-order valence-corrected chi connectivity index (χ0v) is 11.3. The molecule has 102 valence electrons. The van der Waals surface area contributed by atoms with Crippen LogP contribution < -0.4 is 10.1 Å². The third-order valence-electron chi connectivity index (χ3n) is 2.91. The van der Waals surface area contributed by atoms with Gasteiger partial charge in [-0.05, 0) is 43.3 Å². The topological polar surface area (TPSA) is 55.4 Å². The Morgan fingerprint density at radius 2 is 1.65 bits per heavy atom. The number of para-hydroxylation sites is 1. The second-order valence-electron chi connectivity index (χ2n) is 4.28. The van der Waals surface area contributed by atoms with E-state index in [0.717, 1.165) is 0 Å². The number of hydrogen-bond acceptors (Lipinski definition) is 3. The Balaban J connectivity index is 2.21. The van der Waals surface area contributed by atoms with Crippen LogP contribution in [0.3, 0.4) is 0 Å². The van der Waals surface area contributed by atoms with Crippen LogP contribution in [0.1, 0.15) is 27.6 Å². The van der Waals surface area contributed by atoms with Crippen LogP contribution in [0, 0.1) is 0 Å². The molecule has 0 saturated carbocycles. The van der Waals surface area contributed by atoms with Gasteiger partial charge in [-0.1, -0.05) is 12.1 Å². The normalized spacial score (nSPS) is 9.90. The van der Waals surface area contributed by atoms with Gasteiger partial charge in [-0.2, -0.15) is 0 Å². The SMILES string of the molecule is COc1ccc(C(=O)Nc2ccccc2C(C)=O)cc1. The van der Waals surface area contributed by atoms with Gasteiger partial charge in [-0.15, -0.1) is 0 Å². The smallest absolute Gasteiger partial charge is 0.255 e. The van der Waals surface area contributed by atoms with Crippen LogP contribution in [-0.4, -0.2) is 18.8 Å². The Bertz CT molecular complexity index is 632. The minimum absolute atomic E-state index is 0.0874. The first-order chi connectivity index (χ1) is 9.61. The van der Waals surface area contributed by atoms with E-state index in [9.17, 15) is 9.59 Å². The summed E-state index contributed by atoms with van der Waals surface area (Å²) in [4.78, 5) is 23.6. The van der Waals surface area contributed by atoms with E-state index in [1.54, 1.807) is 55.6 Å². The fourth-order valence-corrected chi connectivity index (χ4v) is 1.84. The van der Waals surface area contributed by atoms with E-state index in [1.807, 2.05) is 0 Å². The van der Waals surface area contributed by atoms with Crippen LogP contribution in [0.2, 0.25) is 0 Å². The summed E-state index contributed by atoms with van der Waals surface area (Å²) in [5, 5.41) is 2.75. The summed E-state index contributed by atoms with van der Waals surface area (Å²) in [6, 6.07) is 13.7. The van der Waals surface area contributed by atoms with Crippen molar-refractivity contribution in [2.45, 2.75) is 6.92 Å². The van der Waals surface area contributed by atoms with Crippen LogP contribution >= 0.6 is 0 Å².